The van der Waals surface area contributed by atoms with Crippen molar-refractivity contribution in [2.75, 3.05) is 32.8 Å². The molecule has 0 aliphatic carbocycles. The second-order valence-corrected chi connectivity index (χ2v) is 6.64. The van der Waals surface area contributed by atoms with Crippen molar-refractivity contribution in [1.82, 2.24) is 19.6 Å². The minimum Gasteiger partial charge on any atom is -0.396 e. The molecule has 3 rings (SSSR count). The van der Waals surface area contributed by atoms with E-state index in [0.717, 1.165) is 19.1 Å². The van der Waals surface area contributed by atoms with E-state index < -0.39 is 0 Å². The highest BCUT2D eigenvalue weighted by molar-refractivity contribution is 5.00. The van der Waals surface area contributed by atoms with Gasteiger partial charge in [0, 0.05) is 52.1 Å². The van der Waals surface area contributed by atoms with Crippen LogP contribution in [0.4, 0.5) is 0 Å². The number of aliphatic hydroxyl groups is 1. The molecule has 2 aliphatic rings. The van der Waals surface area contributed by atoms with Crippen LogP contribution < -0.4 is 0 Å². The van der Waals surface area contributed by atoms with E-state index >= 15 is 0 Å². The maximum atomic E-state index is 9.38. The standard InChI is InChI=1S/C16H28N4O/c1-18-16(4-7-17-18)12-19-9-5-15(6-10-19)20-8-2-3-14(11-20)13-21/h4,7,14-15,21H,2-3,5-6,8-13H2,1H3/t14-/m1/s1. The molecule has 118 valence electrons. The van der Waals surface area contributed by atoms with E-state index in [0.29, 0.717) is 12.5 Å². The molecule has 1 aromatic rings. The van der Waals surface area contributed by atoms with Gasteiger partial charge in [0.1, 0.15) is 0 Å². The summed E-state index contributed by atoms with van der Waals surface area (Å²) < 4.78 is 1.97. The van der Waals surface area contributed by atoms with Gasteiger partial charge in [-0.1, -0.05) is 0 Å². The van der Waals surface area contributed by atoms with E-state index in [4.69, 9.17) is 0 Å². The first-order chi connectivity index (χ1) is 10.3. The van der Waals surface area contributed by atoms with Gasteiger partial charge in [0.05, 0.1) is 5.69 Å². The first-order valence-electron chi connectivity index (χ1n) is 8.30. The topological polar surface area (TPSA) is 44.5 Å². The minimum atomic E-state index is 0.357. The molecule has 5 heteroatoms. The second-order valence-electron chi connectivity index (χ2n) is 6.64. The number of aliphatic hydroxyl groups excluding tert-OH is 1. The number of aryl methyl sites for hydroxylation is 1. The third-order valence-electron chi connectivity index (χ3n) is 5.19. The van der Waals surface area contributed by atoms with Crippen molar-refractivity contribution in [3.8, 4) is 0 Å². The quantitative estimate of drug-likeness (QED) is 0.902. The summed E-state index contributed by atoms with van der Waals surface area (Å²) in [5.41, 5.74) is 1.30. The van der Waals surface area contributed by atoms with E-state index in [1.807, 2.05) is 17.9 Å². The summed E-state index contributed by atoms with van der Waals surface area (Å²) in [6.45, 7) is 6.05. The molecule has 21 heavy (non-hydrogen) atoms. The Morgan fingerprint density at radius 3 is 2.71 bits per heavy atom. The molecule has 2 aliphatic heterocycles. The molecule has 1 aromatic heterocycles. The van der Waals surface area contributed by atoms with Gasteiger partial charge >= 0.3 is 0 Å². The molecule has 3 heterocycles. The molecule has 1 atom stereocenters. The average Bonchev–Trinajstić information content (AvgIpc) is 2.93. The Bertz CT molecular complexity index is 439. The average molecular weight is 292 g/mol. The largest absolute Gasteiger partial charge is 0.396 e. The lowest BCUT2D eigenvalue weighted by Crippen LogP contribution is -2.48. The number of hydrogen-bond acceptors (Lipinski definition) is 4. The highest BCUT2D eigenvalue weighted by atomic mass is 16.3. The van der Waals surface area contributed by atoms with Gasteiger partial charge in [0.2, 0.25) is 0 Å². The Hall–Kier alpha value is -0.910. The van der Waals surface area contributed by atoms with Crippen LogP contribution in [0, 0.1) is 5.92 Å². The normalized spacial score (nSPS) is 26.3. The molecule has 0 spiro atoms. The van der Waals surface area contributed by atoms with Crippen LogP contribution in [0.1, 0.15) is 31.4 Å². The van der Waals surface area contributed by atoms with Crippen LogP contribution in [0.5, 0.6) is 0 Å². The number of likely N-dealkylation sites (tertiary alicyclic amines) is 2. The molecule has 2 fully saturated rings. The van der Waals surface area contributed by atoms with Crippen molar-refractivity contribution in [2.24, 2.45) is 13.0 Å². The number of aromatic nitrogens is 2. The molecule has 1 N–H and O–H groups in total. The highest BCUT2D eigenvalue weighted by Crippen LogP contribution is 2.24. The zero-order chi connectivity index (χ0) is 14.7. The molecular formula is C16H28N4O. The van der Waals surface area contributed by atoms with Crippen molar-refractivity contribution in [3.63, 3.8) is 0 Å². The lowest BCUT2D eigenvalue weighted by Gasteiger charge is -2.42. The molecule has 0 radical (unpaired) electrons. The lowest BCUT2D eigenvalue weighted by molar-refractivity contribution is 0.0521. The molecular weight excluding hydrogens is 264 g/mol. The number of hydrogen-bond donors (Lipinski definition) is 1. The van der Waals surface area contributed by atoms with Gasteiger partial charge in [-0.25, -0.2) is 0 Å². The molecule has 0 aromatic carbocycles. The van der Waals surface area contributed by atoms with Gasteiger partial charge in [-0.05, 0) is 44.2 Å². The SMILES string of the molecule is Cn1nccc1CN1CCC(N2CCC[C@@H](CO)C2)CC1. The van der Waals surface area contributed by atoms with Crippen LogP contribution in [0.15, 0.2) is 12.3 Å². The number of piperidine rings is 2. The summed E-state index contributed by atoms with van der Waals surface area (Å²) in [6.07, 6.45) is 6.85. The van der Waals surface area contributed by atoms with Gasteiger partial charge in [-0.15, -0.1) is 0 Å². The summed E-state index contributed by atoms with van der Waals surface area (Å²) in [5.74, 6) is 0.506. The Labute approximate surface area is 127 Å². The number of rotatable bonds is 4. The van der Waals surface area contributed by atoms with E-state index in [1.54, 1.807) is 0 Å². The third-order valence-corrected chi connectivity index (χ3v) is 5.19. The minimum absolute atomic E-state index is 0.357. The second kappa shape index (κ2) is 6.90. The summed E-state index contributed by atoms with van der Waals surface area (Å²) in [4.78, 5) is 5.17. The Balaban J connectivity index is 1.47. The van der Waals surface area contributed by atoms with Crippen LogP contribution in [0.3, 0.4) is 0 Å². The van der Waals surface area contributed by atoms with Crippen molar-refractivity contribution in [1.29, 1.82) is 0 Å². The van der Waals surface area contributed by atoms with Crippen molar-refractivity contribution < 1.29 is 5.11 Å². The first kappa shape index (κ1) is 15.0. The third kappa shape index (κ3) is 3.65. The van der Waals surface area contributed by atoms with Crippen LogP contribution in [-0.4, -0.2) is 63.5 Å². The Morgan fingerprint density at radius 2 is 2.05 bits per heavy atom. The monoisotopic (exact) mass is 292 g/mol. The fraction of sp³-hybridized carbons (Fsp3) is 0.812. The van der Waals surface area contributed by atoms with Crippen LogP contribution in [0.2, 0.25) is 0 Å². The molecule has 2 saturated heterocycles. The number of nitrogens with zero attached hydrogens (tertiary/aromatic N) is 4. The summed E-state index contributed by atoms with van der Waals surface area (Å²) in [6, 6.07) is 2.84. The van der Waals surface area contributed by atoms with Crippen LogP contribution in [-0.2, 0) is 13.6 Å². The maximum absolute atomic E-state index is 9.38. The fourth-order valence-corrected chi connectivity index (χ4v) is 3.81. The molecule has 5 nitrogen and oxygen atoms in total. The summed E-state index contributed by atoms with van der Waals surface area (Å²) in [5, 5.41) is 13.6. The fourth-order valence-electron chi connectivity index (χ4n) is 3.81. The zero-order valence-corrected chi connectivity index (χ0v) is 13.1. The van der Waals surface area contributed by atoms with Crippen LogP contribution in [0.25, 0.3) is 0 Å². The van der Waals surface area contributed by atoms with E-state index in [2.05, 4.69) is 21.0 Å². The highest BCUT2D eigenvalue weighted by Gasteiger charge is 2.28. The summed E-state index contributed by atoms with van der Waals surface area (Å²) in [7, 11) is 2.02. The first-order valence-corrected chi connectivity index (χ1v) is 8.30. The van der Waals surface area contributed by atoms with Crippen molar-refractivity contribution in [2.45, 2.75) is 38.3 Å². The molecule has 0 saturated carbocycles. The lowest BCUT2D eigenvalue weighted by atomic mass is 9.94. The molecule has 0 bridgehead atoms. The Kier molecular flexibility index (Phi) is 4.93. The predicted molar refractivity (Wildman–Crippen MR) is 82.9 cm³/mol. The van der Waals surface area contributed by atoms with Crippen molar-refractivity contribution >= 4 is 0 Å². The zero-order valence-electron chi connectivity index (χ0n) is 13.1. The molecule has 0 amide bonds. The van der Waals surface area contributed by atoms with E-state index in [1.165, 1.54) is 51.0 Å². The molecule has 0 unspecified atom stereocenters. The van der Waals surface area contributed by atoms with Gasteiger partial charge in [0.15, 0.2) is 0 Å². The van der Waals surface area contributed by atoms with E-state index in [-0.39, 0.29) is 0 Å². The Morgan fingerprint density at radius 1 is 1.24 bits per heavy atom. The van der Waals surface area contributed by atoms with Gasteiger partial charge in [0.25, 0.3) is 0 Å². The smallest absolute Gasteiger partial charge is 0.0521 e. The van der Waals surface area contributed by atoms with Crippen LogP contribution >= 0.6 is 0 Å². The van der Waals surface area contributed by atoms with Gasteiger partial charge < -0.3 is 5.11 Å². The summed E-state index contributed by atoms with van der Waals surface area (Å²) >= 11 is 0. The van der Waals surface area contributed by atoms with E-state index in [9.17, 15) is 5.11 Å². The van der Waals surface area contributed by atoms with Gasteiger partial charge in [-0.3, -0.25) is 14.5 Å². The predicted octanol–water partition coefficient (Wildman–Crippen LogP) is 1.09. The van der Waals surface area contributed by atoms with Crippen molar-refractivity contribution in [3.05, 3.63) is 18.0 Å². The maximum Gasteiger partial charge on any atom is 0.0521 e. The van der Waals surface area contributed by atoms with Gasteiger partial charge in [-0.2, -0.15) is 5.10 Å².